The average Bonchev–Trinajstić information content (AvgIpc) is 2.96. The van der Waals surface area contributed by atoms with Gasteiger partial charge in [-0.15, -0.1) is 0 Å². The van der Waals surface area contributed by atoms with Gasteiger partial charge in [-0.1, -0.05) is 48.5 Å². The van der Waals surface area contributed by atoms with Crippen LogP contribution in [0.15, 0.2) is 85.3 Å². The van der Waals surface area contributed by atoms with Gasteiger partial charge in [-0.2, -0.15) is 0 Å². The van der Waals surface area contributed by atoms with Crippen LogP contribution in [0.5, 0.6) is 0 Å². The van der Waals surface area contributed by atoms with Gasteiger partial charge < -0.3 is 4.74 Å². The molecule has 1 aliphatic heterocycles. The van der Waals surface area contributed by atoms with Crippen molar-refractivity contribution in [3.63, 3.8) is 0 Å². The summed E-state index contributed by atoms with van der Waals surface area (Å²) in [5.41, 5.74) is 5.77. The highest BCUT2D eigenvalue weighted by Gasteiger charge is 2.31. The molecule has 2 aromatic carbocycles. The molecule has 1 fully saturated rings. The van der Waals surface area contributed by atoms with E-state index < -0.39 is 0 Å². The molecule has 2 aromatic heterocycles. The molecular formula is C31H37N5O. The predicted octanol–water partition coefficient (Wildman–Crippen LogP) is 5.00. The number of para-hydroxylation sites is 1. The molecule has 3 heterocycles. The van der Waals surface area contributed by atoms with Gasteiger partial charge in [0.1, 0.15) is 0 Å². The summed E-state index contributed by atoms with van der Waals surface area (Å²) in [6.07, 6.45) is 8.86. The lowest BCUT2D eigenvalue weighted by Crippen LogP contribution is -2.47. The zero-order valence-corrected chi connectivity index (χ0v) is 21.7. The number of pyridine rings is 1. The van der Waals surface area contributed by atoms with E-state index in [9.17, 15) is 0 Å². The number of nitrogens with zero attached hydrogens (tertiary/aromatic N) is 5. The van der Waals surface area contributed by atoms with Crippen molar-refractivity contribution in [2.45, 2.75) is 38.4 Å². The molecule has 5 rings (SSSR count). The number of piperidine rings is 1. The van der Waals surface area contributed by atoms with Crippen molar-refractivity contribution in [1.82, 2.24) is 24.8 Å². The van der Waals surface area contributed by atoms with E-state index in [0.717, 1.165) is 62.5 Å². The molecule has 6 nitrogen and oxygen atoms in total. The fourth-order valence-electron chi connectivity index (χ4n) is 5.64. The normalized spacial score (nSPS) is 15.8. The van der Waals surface area contributed by atoms with Crippen molar-refractivity contribution in [2.75, 3.05) is 33.4 Å². The Balaban J connectivity index is 1.31. The molecule has 0 aliphatic carbocycles. The zero-order chi connectivity index (χ0) is 25.3. The SMILES string of the molecule is COCCN(Cc1ccccn1)[C@H](Cc1ccccc1)C1CCN(Cc2cccc3nccnc23)CC1. The summed E-state index contributed by atoms with van der Waals surface area (Å²) in [6.45, 7) is 5.57. The van der Waals surface area contributed by atoms with E-state index in [1.165, 1.54) is 24.0 Å². The molecule has 1 aliphatic rings. The summed E-state index contributed by atoms with van der Waals surface area (Å²) in [7, 11) is 1.79. The van der Waals surface area contributed by atoms with E-state index in [0.29, 0.717) is 12.0 Å². The molecule has 192 valence electrons. The molecule has 1 atom stereocenters. The summed E-state index contributed by atoms with van der Waals surface area (Å²) in [5, 5.41) is 0. The van der Waals surface area contributed by atoms with E-state index in [4.69, 9.17) is 4.74 Å². The summed E-state index contributed by atoms with van der Waals surface area (Å²) >= 11 is 0. The van der Waals surface area contributed by atoms with E-state index >= 15 is 0 Å². The Kier molecular flexibility index (Phi) is 8.85. The first-order chi connectivity index (χ1) is 18.3. The predicted molar refractivity (Wildman–Crippen MR) is 148 cm³/mol. The Morgan fingerprint density at radius 3 is 2.49 bits per heavy atom. The quantitative estimate of drug-likeness (QED) is 0.292. The van der Waals surface area contributed by atoms with Gasteiger partial charge in [0, 0.05) is 51.4 Å². The van der Waals surface area contributed by atoms with Crippen LogP contribution in [-0.2, 0) is 24.2 Å². The maximum atomic E-state index is 5.53. The van der Waals surface area contributed by atoms with Crippen LogP contribution in [0.2, 0.25) is 0 Å². The smallest absolute Gasteiger partial charge is 0.0931 e. The Morgan fingerprint density at radius 2 is 1.70 bits per heavy atom. The minimum atomic E-state index is 0.435. The van der Waals surface area contributed by atoms with Crippen molar-refractivity contribution in [3.05, 3.63) is 102 Å². The number of likely N-dealkylation sites (tertiary alicyclic amines) is 1. The zero-order valence-electron chi connectivity index (χ0n) is 21.7. The van der Waals surface area contributed by atoms with Gasteiger partial charge in [0.25, 0.3) is 0 Å². The van der Waals surface area contributed by atoms with E-state index in [2.05, 4.69) is 79.3 Å². The van der Waals surface area contributed by atoms with Gasteiger partial charge in [0.15, 0.2) is 0 Å². The van der Waals surface area contributed by atoms with Gasteiger partial charge in [-0.25, -0.2) is 0 Å². The van der Waals surface area contributed by atoms with Crippen LogP contribution in [0.1, 0.15) is 29.7 Å². The lowest BCUT2D eigenvalue weighted by atomic mass is 9.84. The number of hydrogen-bond donors (Lipinski definition) is 0. The lowest BCUT2D eigenvalue weighted by molar-refractivity contribution is 0.0565. The first-order valence-corrected chi connectivity index (χ1v) is 13.4. The second kappa shape index (κ2) is 12.9. The molecule has 6 heteroatoms. The second-order valence-corrected chi connectivity index (χ2v) is 10.00. The third kappa shape index (κ3) is 6.77. The molecule has 0 N–H and O–H groups in total. The van der Waals surface area contributed by atoms with Gasteiger partial charge in [-0.3, -0.25) is 24.8 Å². The van der Waals surface area contributed by atoms with Crippen molar-refractivity contribution in [1.29, 1.82) is 0 Å². The first kappa shape index (κ1) is 25.5. The number of methoxy groups -OCH3 is 1. The topological polar surface area (TPSA) is 54.4 Å². The summed E-state index contributed by atoms with van der Waals surface area (Å²) in [6, 6.07) is 23.9. The van der Waals surface area contributed by atoms with Crippen LogP contribution in [-0.4, -0.2) is 64.1 Å². The van der Waals surface area contributed by atoms with Crippen LogP contribution >= 0.6 is 0 Å². The van der Waals surface area contributed by atoms with Crippen molar-refractivity contribution >= 4 is 11.0 Å². The number of rotatable bonds is 11. The maximum Gasteiger partial charge on any atom is 0.0931 e. The number of ether oxygens (including phenoxy) is 1. The second-order valence-electron chi connectivity index (χ2n) is 10.00. The molecular weight excluding hydrogens is 458 g/mol. The third-order valence-corrected chi connectivity index (χ3v) is 7.58. The van der Waals surface area contributed by atoms with Gasteiger partial charge >= 0.3 is 0 Å². The molecule has 1 saturated heterocycles. The molecule has 0 saturated carbocycles. The number of hydrogen-bond acceptors (Lipinski definition) is 6. The Bertz CT molecular complexity index is 1220. The third-order valence-electron chi connectivity index (χ3n) is 7.58. The molecule has 0 spiro atoms. The maximum absolute atomic E-state index is 5.53. The minimum absolute atomic E-state index is 0.435. The van der Waals surface area contributed by atoms with Crippen LogP contribution in [0.4, 0.5) is 0 Å². The summed E-state index contributed by atoms with van der Waals surface area (Å²) in [5.74, 6) is 0.615. The van der Waals surface area contributed by atoms with Crippen LogP contribution in [0, 0.1) is 5.92 Å². The largest absolute Gasteiger partial charge is 0.383 e. The fourth-order valence-corrected chi connectivity index (χ4v) is 5.64. The Labute approximate surface area is 220 Å². The highest BCUT2D eigenvalue weighted by molar-refractivity contribution is 5.77. The monoisotopic (exact) mass is 495 g/mol. The van der Waals surface area contributed by atoms with Crippen LogP contribution < -0.4 is 0 Å². The van der Waals surface area contributed by atoms with Crippen molar-refractivity contribution < 1.29 is 4.74 Å². The van der Waals surface area contributed by atoms with Gasteiger partial charge in [0.2, 0.25) is 0 Å². The van der Waals surface area contributed by atoms with E-state index in [-0.39, 0.29) is 0 Å². The van der Waals surface area contributed by atoms with Gasteiger partial charge in [-0.05, 0) is 67.6 Å². The molecule has 0 amide bonds. The lowest BCUT2D eigenvalue weighted by Gasteiger charge is -2.41. The molecule has 0 bridgehead atoms. The van der Waals surface area contributed by atoms with Crippen LogP contribution in [0.3, 0.4) is 0 Å². The highest BCUT2D eigenvalue weighted by Crippen LogP contribution is 2.29. The standard InChI is InChI=1S/C31H37N5O/c1-37-21-20-36(24-28-11-5-6-15-32-28)30(22-25-8-3-2-4-9-25)26-13-18-35(19-14-26)23-27-10-7-12-29-31(27)34-17-16-33-29/h2-12,15-17,26,30H,13-14,18-24H2,1H3/t30-/m1/s1. The summed E-state index contributed by atoms with van der Waals surface area (Å²) < 4.78 is 5.53. The number of aromatic nitrogens is 3. The first-order valence-electron chi connectivity index (χ1n) is 13.4. The molecule has 37 heavy (non-hydrogen) atoms. The van der Waals surface area contributed by atoms with Crippen molar-refractivity contribution in [2.24, 2.45) is 5.92 Å². The molecule has 4 aromatic rings. The minimum Gasteiger partial charge on any atom is -0.383 e. The van der Waals surface area contributed by atoms with Crippen molar-refractivity contribution in [3.8, 4) is 0 Å². The van der Waals surface area contributed by atoms with E-state index in [1.807, 2.05) is 18.3 Å². The number of benzene rings is 2. The molecule has 0 radical (unpaired) electrons. The average molecular weight is 496 g/mol. The van der Waals surface area contributed by atoms with E-state index in [1.54, 1.807) is 19.5 Å². The van der Waals surface area contributed by atoms with Crippen LogP contribution in [0.25, 0.3) is 11.0 Å². The number of fused-ring (bicyclic) bond motifs is 1. The Hall–Kier alpha value is -3.19. The fraction of sp³-hybridized carbons (Fsp3) is 0.387. The highest BCUT2D eigenvalue weighted by atomic mass is 16.5. The summed E-state index contributed by atoms with van der Waals surface area (Å²) in [4.78, 5) is 18.9. The Morgan fingerprint density at radius 1 is 0.892 bits per heavy atom. The van der Waals surface area contributed by atoms with Gasteiger partial charge in [0.05, 0.1) is 23.3 Å². The molecule has 0 unspecified atom stereocenters.